The summed E-state index contributed by atoms with van der Waals surface area (Å²) in [6.07, 6.45) is 2.88. The molecule has 2 aromatic rings. The van der Waals surface area contributed by atoms with Crippen molar-refractivity contribution >= 4 is 5.69 Å². The van der Waals surface area contributed by atoms with E-state index in [4.69, 9.17) is 5.26 Å². The Labute approximate surface area is 126 Å². The minimum absolute atomic E-state index is 0.485. The van der Waals surface area contributed by atoms with E-state index in [1.165, 1.54) is 24.0 Å². The van der Waals surface area contributed by atoms with Crippen LogP contribution >= 0.6 is 0 Å². The fourth-order valence-electron chi connectivity index (χ4n) is 2.89. The van der Waals surface area contributed by atoms with E-state index in [2.05, 4.69) is 54.7 Å². The second-order valence-electron chi connectivity index (χ2n) is 5.95. The average molecular weight is 276 g/mol. The third-order valence-corrected chi connectivity index (χ3v) is 4.29. The highest BCUT2D eigenvalue weighted by atomic mass is 14.9. The fourth-order valence-corrected chi connectivity index (χ4v) is 2.89. The highest BCUT2D eigenvalue weighted by Crippen LogP contribution is 2.38. The van der Waals surface area contributed by atoms with Gasteiger partial charge in [0.1, 0.15) is 0 Å². The minimum atomic E-state index is 0.485. The maximum atomic E-state index is 8.67. The van der Waals surface area contributed by atoms with Gasteiger partial charge in [0.05, 0.1) is 12.5 Å². The van der Waals surface area contributed by atoms with Crippen molar-refractivity contribution < 1.29 is 0 Å². The van der Waals surface area contributed by atoms with Crippen LogP contribution in [0.1, 0.15) is 35.4 Å². The van der Waals surface area contributed by atoms with Gasteiger partial charge in [-0.25, -0.2) is 0 Å². The van der Waals surface area contributed by atoms with Crippen LogP contribution in [0, 0.1) is 18.3 Å². The van der Waals surface area contributed by atoms with Gasteiger partial charge in [0.2, 0.25) is 0 Å². The van der Waals surface area contributed by atoms with Crippen LogP contribution in [0.25, 0.3) is 0 Å². The first-order chi connectivity index (χ1) is 10.2. The zero-order chi connectivity index (χ0) is 14.7. The van der Waals surface area contributed by atoms with Crippen molar-refractivity contribution in [3.8, 4) is 6.07 Å². The van der Waals surface area contributed by atoms with E-state index in [0.29, 0.717) is 18.4 Å². The Bertz CT molecular complexity index is 629. The summed E-state index contributed by atoms with van der Waals surface area (Å²) in [5.74, 6) is 0.695. The van der Waals surface area contributed by atoms with Crippen LogP contribution in [0.3, 0.4) is 0 Å². The Hall–Kier alpha value is -2.27. The van der Waals surface area contributed by atoms with Crippen molar-refractivity contribution in [3.05, 3.63) is 65.2 Å². The first kappa shape index (κ1) is 13.7. The predicted octanol–water partition coefficient (Wildman–Crippen LogP) is 4.42. The van der Waals surface area contributed by atoms with Crippen molar-refractivity contribution in [1.29, 1.82) is 5.26 Å². The molecule has 0 bridgehead atoms. The van der Waals surface area contributed by atoms with Crippen molar-refractivity contribution in [1.82, 2.24) is 0 Å². The molecule has 2 heteroatoms. The third kappa shape index (κ3) is 3.25. The van der Waals surface area contributed by atoms with E-state index in [9.17, 15) is 0 Å². The van der Waals surface area contributed by atoms with E-state index in [1.54, 1.807) is 0 Å². The zero-order valence-electron chi connectivity index (χ0n) is 12.3. The number of nitrogens with zero attached hydrogens (tertiary/aromatic N) is 1. The summed E-state index contributed by atoms with van der Waals surface area (Å²) in [4.78, 5) is 0. The summed E-state index contributed by atoms with van der Waals surface area (Å²) in [6, 6.07) is 19.9. The Kier molecular flexibility index (Phi) is 3.92. The van der Waals surface area contributed by atoms with Gasteiger partial charge in [-0.15, -0.1) is 0 Å². The Morgan fingerprint density at radius 3 is 2.33 bits per heavy atom. The van der Waals surface area contributed by atoms with Gasteiger partial charge >= 0.3 is 0 Å². The van der Waals surface area contributed by atoms with Gasteiger partial charge in [-0.2, -0.15) is 5.26 Å². The van der Waals surface area contributed by atoms with E-state index < -0.39 is 0 Å². The Balaban J connectivity index is 1.52. The minimum Gasteiger partial charge on any atom is -0.382 e. The summed E-state index contributed by atoms with van der Waals surface area (Å²) in [7, 11) is 0. The molecule has 0 atom stereocenters. The number of hydrogen-bond donors (Lipinski definition) is 1. The number of benzene rings is 2. The molecular weight excluding hydrogens is 256 g/mol. The molecule has 1 fully saturated rings. The van der Waals surface area contributed by atoms with Gasteiger partial charge in [0.15, 0.2) is 0 Å². The first-order valence-electron chi connectivity index (χ1n) is 7.53. The molecule has 0 unspecified atom stereocenters. The monoisotopic (exact) mass is 276 g/mol. The molecule has 3 rings (SSSR count). The Morgan fingerprint density at radius 2 is 1.71 bits per heavy atom. The van der Waals surface area contributed by atoms with E-state index in [0.717, 1.165) is 11.3 Å². The molecule has 0 radical (unpaired) electrons. The second-order valence-corrected chi connectivity index (χ2v) is 5.95. The lowest BCUT2D eigenvalue weighted by Crippen LogP contribution is -2.33. The third-order valence-electron chi connectivity index (χ3n) is 4.29. The number of anilines is 1. The highest BCUT2D eigenvalue weighted by Gasteiger charge is 2.29. The first-order valence-corrected chi connectivity index (χ1v) is 7.53. The molecule has 2 aromatic carbocycles. The molecular formula is C19H20N2. The molecule has 1 N–H and O–H groups in total. The lowest BCUT2D eigenvalue weighted by atomic mass is 9.75. The molecule has 21 heavy (non-hydrogen) atoms. The van der Waals surface area contributed by atoms with Crippen molar-refractivity contribution in [3.63, 3.8) is 0 Å². The van der Waals surface area contributed by atoms with E-state index in [1.807, 2.05) is 12.1 Å². The zero-order valence-corrected chi connectivity index (χ0v) is 12.3. The summed E-state index contributed by atoms with van der Waals surface area (Å²) in [6.45, 7) is 2.13. The fraction of sp³-hybridized carbons (Fsp3) is 0.316. The molecule has 106 valence electrons. The van der Waals surface area contributed by atoms with Crippen molar-refractivity contribution in [2.75, 3.05) is 5.32 Å². The molecule has 0 spiro atoms. The van der Waals surface area contributed by atoms with Crippen LogP contribution in [-0.4, -0.2) is 6.04 Å². The molecule has 2 nitrogen and oxygen atoms in total. The van der Waals surface area contributed by atoms with Gasteiger partial charge in [-0.05, 0) is 48.9 Å². The molecule has 0 amide bonds. The summed E-state index contributed by atoms with van der Waals surface area (Å²) in [5.41, 5.74) is 5.02. The molecule has 0 heterocycles. The van der Waals surface area contributed by atoms with Crippen molar-refractivity contribution in [2.45, 2.75) is 38.1 Å². The maximum absolute atomic E-state index is 8.67. The molecule has 0 aromatic heterocycles. The molecule has 1 saturated carbocycles. The topological polar surface area (TPSA) is 35.8 Å². The number of nitriles is 1. The average Bonchev–Trinajstić information content (AvgIpc) is 2.46. The number of rotatable bonds is 4. The lowest BCUT2D eigenvalue weighted by molar-refractivity contribution is 0.374. The molecule has 0 aliphatic heterocycles. The van der Waals surface area contributed by atoms with Gasteiger partial charge < -0.3 is 5.32 Å². The standard InChI is InChI=1S/C19H20N2/c1-14-2-6-16(7-3-14)17-12-19(13-17)21-18-8-4-15(5-9-18)10-11-20/h2-9,17,19,21H,10,12-13H2,1H3. The predicted molar refractivity (Wildman–Crippen MR) is 86.3 cm³/mol. The quantitative estimate of drug-likeness (QED) is 0.897. The number of nitrogens with one attached hydrogen (secondary N) is 1. The maximum Gasteiger partial charge on any atom is 0.0669 e. The van der Waals surface area contributed by atoms with Crippen LogP contribution in [-0.2, 0) is 6.42 Å². The van der Waals surface area contributed by atoms with Gasteiger partial charge in [0.25, 0.3) is 0 Å². The number of hydrogen-bond acceptors (Lipinski definition) is 2. The SMILES string of the molecule is Cc1ccc(C2CC(Nc3ccc(CC#N)cc3)C2)cc1. The van der Waals surface area contributed by atoms with Gasteiger partial charge in [0, 0.05) is 11.7 Å². The normalized spacial score (nSPS) is 20.4. The molecule has 1 aliphatic carbocycles. The summed E-state index contributed by atoms with van der Waals surface area (Å²) in [5, 5.41) is 12.2. The largest absolute Gasteiger partial charge is 0.382 e. The number of aryl methyl sites for hydroxylation is 1. The lowest BCUT2D eigenvalue weighted by Gasteiger charge is -2.37. The smallest absolute Gasteiger partial charge is 0.0669 e. The summed E-state index contributed by atoms with van der Waals surface area (Å²) >= 11 is 0. The molecule has 1 aliphatic rings. The van der Waals surface area contributed by atoms with Crippen LogP contribution in [0.2, 0.25) is 0 Å². The van der Waals surface area contributed by atoms with Crippen LogP contribution < -0.4 is 5.32 Å². The summed E-state index contributed by atoms with van der Waals surface area (Å²) < 4.78 is 0. The highest BCUT2D eigenvalue weighted by molar-refractivity contribution is 5.46. The second kappa shape index (κ2) is 6.01. The Morgan fingerprint density at radius 1 is 1.05 bits per heavy atom. The van der Waals surface area contributed by atoms with E-state index >= 15 is 0 Å². The van der Waals surface area contributed by atoms with Crippen LogP contribution in [0.4, 0.5) is 5.69 Å². The van der Waals surface area contributed by atoms with Crippen LogP contribution in [0.5, 0.6) is 0 Å². The molecule has 0 saturated heterocycles. The van der Waals surface area contributed by atoms with Gasteiger partial charge in [-0.3, -0.25) is 0 Å². The van der Waals surface area contributed by atoms with E-state index in [-0.39, 0.29) is 0 Å². The van der Waals surface area contributed by atoms with Gasteiger partial charge in [-0.1, -0.05) is 42.0 Å². The van der Waals surface area contributed by atoms with Crippen molar-refractivity contribution in [2.24, 2.45) is 0 Å². The van der Waals surface area contributed by atoms with Crippen LogP contribution in [0.15, 0.2) is 48.5 Å².